The number of carbonyl (C=O) groups is 1. The van der Waals surface area contributed by atoms with E-state index in [9.17, 15) is 4.79 Å². The van der Waals surface area contributed by atoms with Gasteiger partial charge in [0.25, 0.3) is 0 Å². The molecule has 1 aromatic heterocycles. The van der Waals surface area contributed by atoms with Crippen LogP contribution in [-0.2, 0) is 17.7 Å². The lowest BCUT2D eigenvalue weighted by atomic mass is 10.0. The number of benzene rings is 2. The number of aromatic nitrogens is 2. The quantitative estimate of drug-likeness (QED) is 0.393. The largest absolute Gasteiger partial charge is 0.462 e. The number of piperazine rings is 1. The van der Waals surface area contributed by atoms with Gasteiger partial charge in [0.15, 0.2) is 0 Å². The summed E-state index contributed by atoms with van der Waals surface area (Å²) in [5.74, 6) is 0.958. The fourth-order valence-corrected chi connectivity index (χ4v) is 6.68. The average molecular weight is 587 g/mol. The van der Waals surface area contributed by atoms with Gasteiger partial charge >= 0.3 is 12.1 Å². The molecule has 230 valence electrons. The van der Waals surface area contributed by atoms with E-state index in [0.29, 0.717) is 51.4 Å². The lowest BCUT2D eigenvalue weighted by Gasteiger charge is -2.37. The van der Waals surface area contributed by atoms with Crippen LogP contribution in [0.1, 0.15) is 56.9 Å². The maximum atomic E-state index is 12.7. The van der Waals surface area contributed by atoms with Crippen LogP contribution >= 0.6 is 0 Å². The van der Waals surface area contributed by atoms with E-state index in [1.165, 1.54) is 34.0 Å². The molecule has 3 aromatic rings. The Morgan fingerprint density at radius 2 is 1.72 bits per heavy atom. The first-order valence-corrected chi connectivity index (χ1v) is 15.9. The molecule has 0 saturated carbocycles. The van der Waals surface area contributed by atoms with E-state index < -0.39 is 5.60 Å². The summed E-state index contributed by atoms with van der Waals surface area (Å²) in [4.78, 5) is 31.8. The van der Waals surface area contributed by atoms with Gasteiger partial charge in [-0.05, 0) is 84.0 Å². The Hall–Kier alpha value is -3.59. The van der Waals surface area contributed by atoms with Gasteiger partial charge in [0, 0.05) is 55.4 Å². The molecule has 0 bridgehead atoms. The number of nitrogens with zero attached hydrogens (tertiary/aromatic N) is 6. The second-order valence-electron chi connectivity index (χ2n) is 13.3. The highest BCUT2D eigenvalue weighted by molar-refractivity contribution is 5.96. The molecule has 6 rings (SSSR count). The zero-order valence-electron chi connectivity index (χ0n) is 26.4. The molecule has 9 heteroatoms. The van der Waals surface area contributed by atoms with Crippen molar-refractivity contribution in [3.8, 4) is 6.01 Å². The fraction of sp³-hybridized carbons (Fsp3) is 0.559. The molecule has 0 aliphatic carbocycles. The maximum Gasteiger partial charge on any atom is 0.410 e. The fourth-order valence-electron chi connectivity index (χ4n) is 6.68. The van der Waals surface area contributed by atoms with E-state index in [2.05, 4.69) is 65.1 Å². The number of hydrogen-bond acceptors (Lipinski definition) is 8. The van der Waals surface area contributed by atoms with Crippen molar-refractivity contribution in [3.63, 3.8) is 0 Å². The molecule has 0 spiro atoms. The molecule has 0 N–H and O–H groups in total. The van der Waals surface area contributed by atoms with Gasteiger partial charge in [0.05, 0.1) is 12.2 Å². The van der Waals surface area contributed by atoms with Crippen LogP contribution in [0, 0.1) is 6.92 Å². The number of anilines is 2. The Bertz CT molecular complexity index is 1460. The number of hydrogen-bond donors (Lipinski definition) is 0. The summed E-state index contributed by atoms with van der Waals surface area (Å²) >= 11 is 0. The molecule has 4 heterocycles. The summed E-state index contributed by atoms with van der Waals surface area (Å²) in [7, 11) is 2.17. The van der Waals surface area contributed by atoms with Crippen molar-refractivity contribution in [2.45, 2.75) is 71.6 Å². The van der Waals surface area contributed by atoms with E-state index >= 15 is 0 Å². The number of likely N-dealkylation sites (N-methyl/N-ethyl adjacent to an activating group) is 1. The summed E-state index contributed by atoms with van der Waals surface area (Å²) < 4.78 is 12.0. The van der Waals surface area contributed by atoms with Crippen molar-refractivity contribution in [2.24, 2.45) is 0 Å². The van der Waals surface area contributed by atoms with Gasteiger partial charge in [0.2, 0.25) is 0 Å². The molecule has 2 saturated heterocycles. The van der Waals surface area contributed by atoms with Crippen molar-refractivity contribution in [1.82, 2.24) is 19.8 Å². The highest BCUT2D eigenvalue weighted by Gasteiger charge is 2.30. The molecule has 3 aliphatic rings. The molecule has 2 aromatic carbocycles. The van der Waals surface area contributed by atoms with Gasteiger partial charge in [0.1, 0.15) is 18.0 Å². The first-order chi connectivity index (χ1) is 20.7. The maximum absolute atomic E-state index is 12.7. The number of carbonyl (C=O) groups excluding carboxylic acids is 1. The normalized spacial score (nSPS) is 19.8. The second kappa shape index (κ2) is 12.2. The van der Waals surface area contributed by atoms with Crippen molar-refractivity contribution in [3.05, 3.63) is 53.2 Å². The predicted octanol–water partition coefficient (Wildman–Crippen LogP) is 5.42. The van der Waals surface area contributed by atoms with Crippen LogP contribution in [0.2, 0.25) is 0 Å². The van der Waals surface area contributed by atoms with Crippen molar-refractivity contribution in [1.29, 1.82) is 0 Å². The van der Waals surface area contributed by atoms with Gasteiger partial charge in [-0.25, -0.2) is 4.79 Å². The van der Waals surface area contributed by atoms with Gasteiger partial charge in [-0.1, -0.05) is 30.3 Å². The second-order valence-corrected chi connectivity index (χ2v) is 13.3. The van der Waals surface area contributed by atoms with Crippen LogP contribution in [0.4, 0.5) is 16.3 Å². The number of likely N-dealkylation sites (tertiary alicyclic amines) is 1. The highest BCUT2D eigenvalue weighted by atomic mass is 16.6. The predicted molar refractivity (Wildman–Crippen MR) is 171 cm³/mol. The Balaban J connectivity index is 1.30. The first-order valence-electron chi connectivity index (χ1n) is 15.9. The van der Waals surface area contributed by atoms with Crippen LogP contribution in [0.25, 0.3) is 10.8 Å². The smallest absolute Gasteiger partial charge is 0.410 e. The van der Waals surface area contributed by atoms with Crippen LogP contribution in [0.3, 0.4) is 0 Å². The summed E-state index contributed by atoms with van der Waals surface area (Å²) in [6.45, 7) is 13.8. The third-order valence-corrected chi connectivity index (χ3v) is 8.98. The molecule has 2 fully saturated rings. The first kappa shape index (κ1) is 29.5. The third-order valence-electron chi connectivity index (χ3n) is 8.98. The van der Waals surface area contributed by atoms with E-state index in [1.54, 1.807) is 4.90 Å². The molecule has 1 atom stereocenters. The highest BCUT2D eigenvalue weighted by Crippen LogP contribution is 2.35. The molecule has 1 amide bonds. The summed E-state index contributed by atoms with van der Waals surface area (Å²) in [6.07, 6.45) is 4.00. The minimum atomic E-state index is -0.508. The van der Waals surface area contributed by atoms with Crippen molar-refractivity contribution >= 4 is 28.4 Å². The van der Waals surface area contributed by atoms with E-state index in [4.69, 9.17) is 19.4 Å². The Labute approximate surface area is 255 Å². The number of rotatable bonds is 5. The lowest BCUT2D eigenvalue weighted by Crippen LogP contribution is -2.50. The average Bonchev–Trinajstić information content (AvgIpc) is 3.26. The van der Waals surface area contributed by atoms with Crippen molar-refractivity contribution < 1.29 is 14.3 Å². The SMILES string of the molecule is Cc1cccc2cccc(N3CCCc4c(nc(OC[C@@H]5CCCN5C)nc4N4CCN(C(=O)OC(C)(C)C)CC4)C3)c12. The lowest BCUT2D eigenvalue weighted by molar-refractivity contribution is 0.0240. The zero-order valence-corrected chi connectivity index (χ0v) is 26.4. The molecule has 9 nitrogen and oxygen atoms in total. The van der Waals surface area contributed by atoms with Crippen LogP contribution < -0.4 is 14.5 Å². The molecule has 43 heavy (non-hydrogen) atoms. The van der Waals surface area contributed by atoms with Crippen LogP contribution in [0.15, 0.2) is 36.4 Å². The third kappa shape index (κ3) is 6.51. The van der Waals surface area contributed by atoms with Gasteiger partial charge in [-0.2, -0.15) is 9.97 Å². The zero-order chi connectivity index (χ0) is 30.1. The van der Waals surface area contributed by atoms with Gasteiger partial charge in [-0.15, -0.1) is 0 Å². The number of aryl methyl sites for hydroxylation is 1. The van der Waals surface area contributed by atoms with Crippen molar-refractivity contribution in [2.75, 3.05) is 62.7 Å². The Kier molecular flexibility index (Phi) is 8.36. The minimum absolute atomic E-state index is 0.251. The topological polar surface area (TPSA) is 74.3 Å². The Morgan fingerprint density at radius 3 is 2.44 bits per heavy atom. The number of amides is 1. The Morgan fingerprint density at radius 1 is 0.953 bits per heavy atom. The van der Waals surface area contributed by atoms with Crippen LogP contribution in [-0.4, -0.2) is 90.4 Å². The number of ether oxygens (including phenoxy) is 2. The minimum Gasteiger partial charge on any atom is -0.462 e. The van der Waals surface area contributed by atoms with E-state index in [0.717, 1.165) is 43.9 Å². The number of fused-ring (bicyclic) bond motifs is 2. The van der Waals surface area contributed by atoms with E-state index in [-0.39, 0.29) is 6.09 Å². The van der Waals surface area contributed by atoms with Gasteiger partial charge < -0.3 is 29.1 Å². The molecule has 0 radical (unpaired) electrons. The molecular formula is C34H46N6O3. The summed E-state index contributed by atoms with van der Waals surface area (Å²) in [6, 6.07) is 14.0. The molecule has 3 aliphatic heterocycles. The molecule has 0 unspecified atom stereocenters. The van der Waals surface area contributed by atoms with Crippen LogP contribution in [0.5, 0.6) is 6.01 Å². The van der Waals surface area contributed by atoms with E-state index in [1.807, 2.05) is 20.8 Å². The summed E-state index contributed by atoms with van der Waals surface area (Å²) in [5, 5.41) is 2.57. The standard InChI is InChI=1S/C34H46N6O3/c1-24-10-6-11-25-12-7-15-29(30(24)25)40-17-9-14-27-28(22-40)35-32(42-23-26-13-8-16-37(26)5)36-31(27)38-18-20-39(21-19-38)33(41)43-34(2,3)4/h6-7,10-12,15,26H,8-9,13-14,16-23H2,1-5H3/t26-/m0/s1. The van der Waals surface area contributed by atoms with Gasteiger partial charge in [-0.3, -0.25) is 0 Å². The molecular weight excluding hydrogens is 540 g/mol. The monoisotopic (exact) mass is 586 g/mol. The summed E-state index contributed by atoms with van der Waals surface area (Å²) in [5.41, 5.74) is 4.28.